The van der Waals surface area contributed by atoms with E-state index in [1.165, 1.54) is 6.42 Å². The summed E-state index contributed by atoms with van der Waals surface area (Å²) in [5.41, 5.74) is -1.00. The van der Waals surface area contributed by atoms with Crippen molar-refractivity contribution in [2.45, 2.75) is 63.6 Å². The molecular weight excluding hydrogens is 406 g/mol. The Morgan fingerprint density at radius 2 is 1.75 bits per heavy atom. The van der Waals surface area contributed by atoms with Gasteiger partial charge in [0.25, 0.3) is 11.6 Å². The van der Waals surface area contributed by atoms with E-state index in [4.69, 9.17) is 4.74 Å². The number of hydrogen-bond acceptors (Lipinski definition) is 4. The number of aliphatic hydroxyl groups is 1. The van der Waals surface area contributed by atoms with Gasteiger partial charge in [-0.3, -0.25) is 9.69 Å². The quantitative estimate of drug-likeness (QED) is 0.642. The number of carbonyl (C=O) groups is 2. The fourth-order valence-corrected chi connectivity index (χ4v) is 4.61. The number of carbonyl (C=O) groups excluding carboxylic acids is 2. The lowest BCUT2D eigenvalue weighted by Crippen LogP contribution is -2.63. The number of anilines is 2. The van der Waals surface area contributed by atoms with E-state index in [9.17, 15) is 14.7 Å². The van der Waals surface area contributed by atoms with Crippen LogP contribution < -0.4 is 20.3 Å². The van der Waals surface area contributed by atoms with Crippen molar-refractivity contribution in [1.82, 2.24) is 5.32 Å². The van der Waals surface area contributed by atoms with Crippen molar-refractivity contribution in [2.75, 3.05) is 16.8 Å². The summed E-state index contributed by atoms with van der Waals surface area (Å²) >= 11 is 0. The molecule has 1 fully saturated rings. The smallest absolute Gasteiger partial charge is 0.329 e. The van der Waals surface area contributed by atoms with Crippen LogP contribution in [-0.4, -0.2) is 29.7 Å². The molecule has 0 spiro atoms. The Labute approximate surface area is 188 Å². The Hall–Kier alpha value is -3.06. The number of rotatable bonds is 5. The predicted molar refractivity (Wildman–Crippen MR) is 124 cm³/mol. The van der Waals surface area contributed by atoms with Crippen molar-refractivity contribution >= 4 is 23.3 Å². The molecular formula is C25H31N3O4. The Morgan fingerprint density at radius 3 is 2.44 bits per heavy atom. The summed E-state index contributed by atoms with van der Waals surface area (Å²) in [6.07, 6.45) is 7.37. The van der Waals surface area contributed by atoms with Crippen LogP contribution in [0.25, 0.3) is 0 Å². The van der Waals surface area contributed by atoms with Crippen LogP contribution in [0, 0.1) is 0 Å². The van der Waals surface area contributed by atoms with Crippen LogP contribution in [0.2, 0.25) is 0 Å². The summed E-state index contributed by atoms with van der Waals surface area (Å²) in [6, 6.07) is 13.1. The monoisotopic (exact) mass is 437 g/mol. The van der Waals surface area contributed by atoms with Crippen molar-refractivity contribution in [1.29, 1.82) is 0 Å². The molecule has 0 radical (unpaired) electrons. The van der Waals surface area contributed by atoms with Crippen LogP contribution in [0.15, 0.2) is 48.5 Å². The molecule has 7 nitrogen and oxygen atoms in total. The van der Waals surface area contributed by atoms with Crippen LogP contribution >= 0.6 is 0 Å². The lowest BCUT2D eigenvalue weighted by atomic mass is 9.92. The van der Waals surface area contributed by atoms with Gasteiger partial charge in [0.15, 0.2) is 0 Å². The van der Waals surface area contributed by atoms with Gasteiger partial charge >= 0.3 is 6.03 Å². The van der Waals surface area contributed by atoms with E-state index in [1.54, 1.807) is 48.5 Å². The third-order valence-electron chi connectivity index (χ3n) is 6.23. The fourth-order valence-electron chi connectivity index (χ4n) is 4.61. The van der Waals surface area contributed by atoms with E-state index in [2.05, 4.69) is 10.6 Å². The number of ether oxygens (including phenoxy) is 1. The third-order valence-corrected chi connectivity index (χ3v) is 6.23. The summed E-state index contributed by atoms with van der Waals surface area (Å²) in [5, 5.41) is 17.8. The maximum absolute atomic E-state index is 13.6. The van der Waals surface area contributed by atoms with Gasteiger partial charge in [0, 0.05) is 17.3 Å². The second-order valence-electron chi connectivity index (χ2n) is 8.43. The SMILES string of the molecule is CCOc1ccc(N2C(=O)Nc3ccccc3[C@@]2(O)C(=O)NC2CCCCCCC2)cc1. The van der Waals surface area contributed by atoms with E-state index >= 15 is 0 Å². The van der Waals surface area contributed by atoms with Crippen molar-refractivity contribution in [3.05, 3.63) is 54.1 Å². The van der Waals surface area contributed by atoms with Crippen LogP contribution in [0.1, 0.15) is 57.4 Å². The van der Waals surface area contributed by atoms with E-state index in [-0.39, 0.29) is 6.04 Å². The molecule has 2 aromatic carbocycles. The zero-order chi connectivity index (χ0) is 22.6. The zero-order valence-corrected chi connectivity index (χ0v) is 18.5. The van der Waals surface area contributed by atoms with Crippen molar-refractivity contribution in [3.63, 3.8) is 0 Å². The number of benzene rings is 2. The van der Waals surface area contributed by atoms with Crippen molar-refractivity contribution < 1.29 is 19.4 Å². The Morgan fingerprint density at radius 1 is 1.09 bits per heavy atom. The van der Waals surface area contributed by atoms with Crippen molar-refractivity contribution in [2.24, 2.45) is 0 Å². The molecule has 2 aromatic rings. The molecule has 1 aliphatic carbocycles. The molecule has 4 rings (SSSR count). The minimum Gasteiger partial charge on any atom is -0.494 e. The van der Waals surface area contributed by atoms with Crippen LogP contribution in [-0.2, 0) is 10.5 Å². The standard InChI is InChI=1S/C25H31N3O4/c1-2-32-20-16-14-19(15-17-20)28-24(30)27-22-13-9-8-12-21(22)25(28,31)23(29)26-18-10-6-4-3-5-7-11-18/h8-9,12-18,31H,2-7,10-11H2,1H3,(H,26,29)(H,27,30)/t25-/m1/s1. The number of urea groups is 1. The Kier molecular flexibility index (Phi) is 6.65. The molecule has 3 amide bonds. The van der Waals surface area contributed by atoms with Crippen molar-refractivity contribution in [3.8, 4) is 5.75 Å². The normalized spacial score (nSPS) is 21.7. The molecule has 0 saturated heterocycles. The Balaban J connectivity index is 1.70. The third kappa shape index (κ3) is 4.30. The number of nitrogens with one attached hydrogen (secondary N) is 2. The highest BCUT2D eigenvalue weighted by molar-refractivity contribution is 6.11. The van der Waals surface area contributed by atoms with Crippen LogP contribution in [0.3, 0.4) is 0 Å². The summed E-state index contributed by atoms with van der Waals surface area (Å²) in [5.74, 6) is 0.0656. The summed E-state index contributed by atoms with van der Waals surface area (Å²) in [7, 11) is 0. The molecule has 1 aliphatic heterocycles. The molecule has 32 heavy (non-hydrogen) atoms. The first-order valence-electron chi connectivity index (χ1n) is 11.5. The largest absolute Gasteiger partial charge is 0.494 e. The summed E-state index contributed by atoms with van der Waals surface area (Å²) < 4.78 is 5.49. The van der Waals surface area contributed by atoms with Crippen LogP contribution in [0.5, 0.6) is 5.75 Å². The van der Waals surface area contributed by atoms with E-state index < -0.39 is 17.7 Å². The van der Waals surface area contributed by atoms with Gasteiger partial charge in [-0.1, -0.05) is 50.3 Å². The molecule has 1 atom stereocenters. The number of hydrogen-bond donors (Lipinski definition) is 3. The summed E-state index contributed by atoms with van der Waals surface area (Å²) in [4.78, 5) is 27.9. The average Bonchev–Trinajstić information content (AvgIpc) is 2.77. The Bertz CT molecular complexity index is 954. The first kappa shape index (κ1) is 22.1. The highest BCUT2D eigenvalue weighted by Crippen LogP contribution is 2.40. The van der Waals surface area contributed by atoms with Gasteiger partial charge in [0.2, 0.25) is 0 Å². The molecule has 0 unspecified atom stereocenters. The molecule has 2 aliphatic rings. The molecule has 0 bridgehead atoms. The molecule has 3 N–H and O–H groups in total. The van der Waals surface area contributed by atoms with E-state index in [0.717, 1.165) is 43.4 Å². The maximum atomic E-state index is 13.6. The lowest BCUT2D eigenvalue weighted by molar-refractivity contribution is -0.141. The molecule has 170 valence electrons. The number of para-hydroxylation sites is 1. The average molecular weight is 438 g/mol. The molecule has 1 saturated carbocycles. The van der Waals surface area contributed by atoms with Gasteiger partial charge in [-0.25, -0.2) is 4.79 Å². The highest BCUT2D eigenvalue weighted by atomic mass is 16.5. The lowest BCUT2D eigenvalue weighted by Gasteiger charge is -2.43. The number of nitrogens with zero attached hydrogens (tertiary/aromatic N) is 1. The van der Waals surface area contributed by atoms with Crippen LogP contribution in [0.4, 0.5) is 16.2 Å². The first-order valence-corrected chi connectivity index (χ1v) is 11.5. The topological polar surface area (TPSA) is 90.9 Å². The van der Waals surface area contributed by atoms with Gasteiger partial charge in [-0.2, -0.15) is 0 Å². The molecule has 7 heteroatoms. The van der Waals surface area contributed by atoms with Gasteiger partial charge in [-0.05, 0) is 50.1 Å². The first-order chi connectivity index (χ1) is 15.5. The number of amides is 3. The van der Waals surface area contributed by atoms with Gasteiger partial charge in [0.05, 0.1) is 12.3 Å². The van der Waals surface area contributed by atoms with E-state index in [1.807, 2.05) is 6.92 Å². The highest BCUT2D eigenvalue weighted by Gasteiger charge is 2.52. The fraction of sp³-hybridized carbons (Fsp3) is 0.440. The number of fused-ring (bicyclic) bond motifs is 1. The second kappa shape index (κ2) is 9.61. The maximum Gasteiger partial charge on any atom is 0.329 e. The molecule has 0 aromatic heterocycles. The molecule has 1 heterocycles. The predicted octanol–water partition coefficient (Wildman–Crippen LogP) is 4.51. The van der Waals surface area contributed by atoms with Gasteiger partial charge in [0.1, 0.15) is 5.75 Å². The second-order valence-corrected chi connectivity index (χ2v) is 8.43. The minimum atomic E-state index is -2.17. The minimum absolute atomic E-state index is 0.0221. The van der Waals surface area contributed by atoms with Gasteiger partial charge < -0.3 is 20.5 Å². The van der Waals surface area contributed by atoms with Gasteiger partial charge in [-0.15, -0.1) is 0 Å². The van der Waals surface area contributed by atoms with E-state index in [0.29, 0.717) is 29.3 Å². The summed E-state index contributed by atoms with van der Waals surface area (Å²) in [6.45, 7) is 2.41. The zero-order valence-electron chi connectivity index (χ0n) is 18.5.